The number of furan rings is 1. The summed E-state index contributed by atoms with van der Waals surface area (Å²) in [6, 6.07) is 10.2. The van der Waals surface area contributed by atoms with Gasteiger partial charge in [-0.1, -0.05) is 43.8 Å². The Morgan fingerprint density at radius 3 is 2.76 bits per heavy atom. The monoisotopic (exact) mass is 467 g/mol. The first-order valence-electron chi connectivity index (χ1n) is 10.6. The van der Waals surface area contributed by atoms with E-state index in [1.54, 1.807) is 18.5 Å². The van der Waals surface area contributed by atoms with Gasteiger partial charge in [0, 0.05) is 30.1 Å². The molecule has 10 heteroatoms. The third kappa shape index (κ3) is 5.28. The number of rotatable bonds is 10. The second kappa shape index (κ2) is 9.95. The fourth-order valence-electron chi connectivity index (χ4n) is 3.60. The summed E-state index contributed by atoms with van der Waals surface area (Å²) in [5.41, 5.74) is 1.76. The summed E-state index contributed by atoms with van der Waals surface area (Å²) in [6.07, 6.45) is 3.54. The quantitative estimate of drug-likeness (QED) is 0.304. The Kier molecular flexibility index (Phi) is 6.83. The molecule has 4 rings (SSSR count). The highest BCUT2D eigenvalue weighted by atomic mass is 32.2. The van der Waals surface area contributed by atoms with Crippen molar-refractivity contribution in [3.8, 4) is 11.6 Å². The van der Waals surface area contributed by atoms with E-state index in [2.05, 4.69) is 34.3 Å². The van der Waals surface area contributed by atoms with Gasteiger partial charge in [-0.15, -0.1) is 10.2 Å². The van der Waals surface area contributed by atoms with Crippen LogP contribution in [0.2, 0.25) is 0 Å². The van der Waals surface area contributed by atoms with E-state index < -0.39 is 12.0 Å². The zero-order valence-electron chi connectivity index (χ0n) is 18.3. The van der Waals surface area contributed by atoms with E-state index in [4.69, 9.17) is 4.42 Å². The number of aliphatic carboxylic acids is 1. The van der Waals surface area contributed by atoms with Gasteiger partial charge in [-0.3, -0.25) is 9.36 Å². The van der Waals surface area contributed by atoms with Crippen LogP contribution in [-0.4, -0.2) is 48.5 Å². The number of benzene rings is 1. The average Bonchev–Trinajstić information content (AvgIpc) is 3.52. The van der Waals surface area contributed by atoms with E-state index in [-0.39, 0.29) is 18.1 Å². The number of H-pyrrole nitrogens is 1. The number of amides is 1. The van der Waals surface area contributed by atoms with Crippen LogP contribution in [-0.2, 0) is 22.6 Å². The van der Waals surface area contributed by atoms with Crippen LogP contribution in [0, 0.1) is 5.92 Å². The van der Waals surface area contributed by atoms with Crippen molar-refractivity contribution in [2.75, 3.05) is 5.75 Å². The molecule has 1 aromatic carbocycles. The lowest BCUT2D eigenvalue weighted by Crippen LogP contribution is -2.43. The normalized spacial score (nSPS) is 12.3. The predicted octanol–water partition coefficient (Wildman–Crippen LogP) is 3.58. The Morgan fingerprint density at radius 2 is 2.03 bits per heavy atom. The van der Waals surface area contributed by atoms with Crippen LogP contribution in [0.3, 0.4) is 0 Å². The van der Waals surface area contributed by atoms with Gasteiger partial charge in [-0.05, 0) is 29.7 Å². The Balaban J connectivity index is 1.43. The molecule has 33 heavy (non-hydrogen) atoms. The number of fused-ring (bicyclic) bond motifs is 1. The SMILES string of the molecule is CC(C)Cn1c(SCC(=O)NC(Cc2c[nH]c3ccccc23)C(=O)O)nnc1-c1ccco1. The van der Waals surface area contributed by atoms with E-state index in [0.29, 0.717) is 29.2 Å². The number of hydrogen-bond acceptors (Lipinski definition) is 6. The third-order valence-electron chi connectivity index (χ3n) is 5.07. The number of nitrogens with zero attached hydrogens (tertiary/aromatic N) is 3. The number of carbonyl (C=O) groups excluding carboxylic acids is 1. The Morgan fingerprint density at radius 1 is 1.21 bits per heavy atom. The molecular weight excluding hydrogens is 442 g/mol. The topological polar surface area (TPSA) is 126 Å². The summed E-state index contributed by atoms with van der Waals surface area (Å²) < 4.78 is 7.38. The van der Waals surface area contributed by atoms with E-state index in [1.165, 1.54) is 11.8 Å². The van der Waals surface area contributed by atoms with Crippen LogP contribution >= 0.6 is 11.8 Å². The highest BCUT2D eigenvalue weighted by Gasteiger charge is 2.23. The summed E-state index contributed by atoms with van der Waals surface area (Å²) in [4.78, 5) is 27.6. The maximum Gasteiger partial charge on any atom is 0.326 e. The molecule has 0 spiro atoms. The zero-order chi connectivity index (χ0) is 23.4. The van der Waals surface area contributed by atoms with Crippen LogP contribution in [0.4, 0.5) is 0 Å². The minimum atomic E-state index is -1.08. The molecule has 0 saturated carbocycles. The number of carboxylic acids is 1. The number of carbonyl (C=O) groups is 2. The van der Waals surface area contributed by atoms with E-state index >= 15 is 0 Å². The standard InChI is InChI=1S/C23H25N5O4S/c1-14(2)12-28-21(19-8-5-9-32-19)26-27-23(28)33-13-20(29)25-18(22(30)31)10-15-11-24-17-7-4-3-6-16(15)17/h3-9,11,14,18,24H,10,12-13H2,1-2H3,(H,25,29)(H,30,31). The van der Waals surface area contributed by atoms with Crippen molar-refractivity contribution in [2.24, 2.45) is 5.92 Å². The van der Waals surface area contributed by atoms with Gasteiger partial charge >= 0.3 is 5.97 Å². The largest absolute Gasteiger partial charge is 0.480 e. The number of nitrogens with one attached hydrogen (secondary N) is 2. The summed E-state index contributed by atoms with van der Waals surface area (Å²) >= 11 is 1.22. The molecule has 0 bridgehead atoms. The van der Waals surface area contributed by atoms with Gasteiger partial charge in [0.2, 0.25) is 5.91 Å². The smallest absolute Gasteiger partial charge is 0.326 e. The predicted molar refractivity (Wildman–Crippen MR) is 125 cm³/mol. The molecule has 3 heterocycles. The number of thioether (sulfide) groups is 1. The Bertz CT molecular complexity index is 1250. The third-order valence-corrected chi connectivity index (χ3v) is 6.04. The summed E-state index contributed by atoms with van der Waals surface area (Å²) in [5, 5.41) is 22.3. The van der Waals surface area contributed by atoms with Gasteiger partial charge in [-0.25, -0.2) is 4.79 Å². The Labute approximate surface area is 194 Å². The molecule has 0 aliphatic rings. The van der Waals surface area contributed by atoms with Crippen LogP contribution < -0.4 is 5.32 Å². The van der Waals surface area contributed by atoms with Crippen LogP contribution in [0.5, 0.6) is 0 Å². The number of para-hydroxylation sites is 1. The van der Waals surface area contributed by atoms with Crippen LogP contribution in [0.25, 0.3) is 22.5 Å². The van der Waals surface area contributed by atoms with Crippen molar-refractivity contribution in [2.45, 2.75) is 38.0 Å². The molecule has 9 nitrogen and oxygen atoms in total. The van der Waals surface area contributed by atoms with E-state index in [9.17, 15) is 14.7 Å². The number of aromatic nitrogens is 4. The van der Waals surface area contributed by atoms with Crippen molar-refractivity contribution in [3.05, 3.63) is 54.4 Å². The average molecular weight is 468 g/mol. The first kappa shape index (κ1) is 22.7. The summed E-state index contributed by atoms with van der Waals surface area (Å²) in [5.74, 6) is 0.0815. The van der Waals surface area contributed by atoms with Gasteiger partial charge in [0.1, 0.15) is 6.04 Å². The minimum absolute atomic E-state index is 0.0199. The van der Waals surface area contributed by atoms with Crippen molar-refractivity contribution in [3.63, 3.8) is 0 Å². The first-order valence-corrected chi connectivity index (χ1v) is 11.6. The number of hydrogen-bond donors (Lipinski definition) is 3. The second-order valence-corrected chi connectivity index (χ2v) is 9.04. The lowest BCUT2D eigenvalue weighted by atomic mass is 10.1. The van der Waals surface area contributed by atoms with Crippen molar-refractivity contribution in [1.82, 2.24) is 25.1 Å². The number of carboxylic acid groups (broad SMARTS) is 1. The molecule has 1 unspecified atom stereocenters. The summed E-state index contributed by atoms with van der Waals surface area (Å²) in [7, 11) is 0. The molecule has 3 aromatic heterocycles. The Hall–Kier alpha value is -3.53. The maximum atomic E-state index is 12.6. The second-order valence-electron chi connectivity index (χ2n) is 8.10. The van der Waals surface area contributed by atoms with Gasteiger partial charge in [0.05, 0.1) is 12.0 Å². The minimum Gasteiger partial charge on any atom is -0.480 e. The van der Waals surface area contributed by atoms with Crippen LogP contribution in [0.1, 0.15) is 19.4 Å². The highest BCUT2D eigenvalue weighted by Crippen LogP contribution is 2.25. The fraction of sp³-hybridized carbons (Fsp3) is 0.304. The molecule has 0 aliphatic carbocycles. The molecule has 3 N–H and O–H groups in total. The van der Waals surface area contributed by atoms with Gasteiger partial charge < -0.3 is 19.8 Å². The van der Waals surface area contributed by atoms with E-state index in [0.717, 1.165) is 16.5 Å². The molecule has 1 amide bonds. The summed E-state index contributed by atoms with van der Waals surface area (Å²) in [6.45, 7) is 4.82. The van der Waals surface area contributed by atoms with Crippen molar-refractivity contribution in [1.29, 1.82) is 0 Å². The molecule has 0 saturated heterocycles. The molecule has 172 valence electrons. The molecule has 4 aromatic rings. The molecule has 0 aliphatic heterocycles. The van der Waals surface area contributed by atoms with Crippen LogP contribution in [0.15, 0.2) is 58.4 Å². The molecular formula is C23H25N5O4S. The highest BCUT2D eigenvalue weighted by molar-refractivity contribution is 7.99. The van der Waals surface area contributed by atoms with Gasteiger partial charge in [0.15, 0.2) is 16.7 Å². The van der Waals surface area contributed by atoms with Gasteiger partial charge in [0.25, 0.3) is 0 Å². The van der Waals surface area contributed by atoms with Crippen molar-refractivity contribution >= 4 is 34.5 Å². The lowest BCUT2D eigenvalue weighted by molar-refractivity contribution is -0.141. The zero-order valence-corrected chi connectivity index (χ0v) is 19.1. The van der Waals surface area contributed by atoms with Crippen molar-refractivity contribution < 1.29 is 19.1 Å². The lowest BCUT2D eigenvalue weighted by Gasteiger charge is -2.15. The molecule has 1 atom stereocenters. The fourth-order valence-corrected chi connectivity index (χ4v) is 4.36. The number of aromatic amines is 1. The molecule has 0 fully saturated rings. The molecule has 0 radical (unpaired) electrons. The first-order chi connectivity index (χ1) is 15.9. The maximum absolute atomic E-state index is 12.6. The van der Waals surface area contributed by atoms with E-state index in [1.807, 2.05) is 34.9 Å². The van der Waals surface area contributed by atoms with Gasteiger partial charge in [-0.2, -0.15) is 0 Å².